The molecule has 1 aromatic rings. The van der Waals surface area contributed by atoms with Gasteiger partial charge in [-0.1, -0.05) is 18.6 Å². The number of nitrogens with one attached hydrogen (secondary N) is 2. The summed E-state index contributed by atoms with van der Waals surface area (Å²) in [7, 11) is 0. The van der Waals surface area contributed by atoms with Crippen LogP contribution in [0.5, 0.6) is 5.75 Å². The van der Waals surface area contributed by atoms with E-state index in [2.05, 4.69) is 10.6 Å². The van der Waals surface area contributed by atoms with Crippen molar-refractivity contribution in [3.63, 3.8) is 0 Å². The summed E-state index contributed by atoms with van der Waals surface area (Å²) in [5.74, 6) is -3.13. The molecule has 9 N–H and O–H groups in total. The molecule has 0 spiro atoms. The van der Waals surface area contributed by atoms with Crippen LogP contribution < -0.4 is 22.1 Å². The summed E-state index contributed by atoms with van der Waals surface area (Å²) in [6.45, 7) is 2.01. The first-order valence-corrected chi connectivity index (χ1v) is 12.1. The van der Waals surface area contributed by atoms with Crippen LogP contribution in [0.1, 0.15) is 44.6 Å². The fourth-order valence-electron chi connectivity index (χ4n) is 4.12. The van der Waals surface area contributed by atoms with Crippen LogP contribution in [0.15, 0.2) is 24.3 Å². The first kappa shape index (κ1) is 29.0. The second kappa shape index (κ2) is 13.8. The van der Waals surface area contributed by atoms with Crippen molar-refractivity contribution in [2.75, 3.05) is 13.1 Å². The monoisotopic (exact) mass is 507 g/mol. The fraction of sp³-hybridized carbons (Fsp3) is 0.583. The van der Waals surface area contributed by atoms with Crippen LogP contribution in [0.2, 0.25) is 0 Å². The lowest BCUT2D eigenvalue weighted by Crippen LogP contribution is -2.60. The van der Waals surface area contributed by atoms with Gasteiger partial charge in [-0.05, 0) is 56.8 Å². The van der Waals surface area contributed by atoms with E-state index in [4.69, 9.17) is 11.5 Å². The number of carboxylic acid groups (broad SMARTS) is 1. The third-order valence-corrected chi connectivity index (χ3v) is 6.18. The molecule has 0 aliphatic carbocycles. The molecule has 0 saturated carbocycles. The summed E-state index contributed by atoms with van der Waals surface area (Å²) in [5, 5.41) is 34.3. The van der Waals surface area contributed by atoms with Crippen LogP contribution in [0.4, 0.5) is 0 Å². The highest BCUT2D eigenvalue weighted by Crippen LogP contribution is 2.20. The average Bonchev–Trinajstić information content (AvgIpc) is 3.33. The number of carbonyl (C=O) groups is 4. The largest absolute Gasteiger partial charge is 0.508 e. The predicted molar refractivity (Wildman–Crippen MR) is 131 cm³/mol. The summed E-state index contributed by atoms with van der Waals surface area (Å²) in [5.41, 5.74) is 12.0. The molecular formula is C24H37N5O7. The second-order valence-corrected chi connectivity index (χ2v) is 9.08. The van der Waals surface area contributed by atoms with E-state index < -0.39 is 54.0 Å². The number of phenols is 1. The summed E-state index contributed by atoms with van der Waals surface area (Å²) >= 11 is 0. The quantitative estimate of drug-likeness (QED) is 0.160. The number of aliphatic hydroxyl groups excluding tert-OH is 1. The number of nitrogens with two attached hydrogens (primary N) is 2. The summed E-state index contributed by atoms with van der Waals surface area (Å²) < 4.78 is 0. The Bertz CT molecular complexity index is 909. The van der Waals surface area contributed by atoms with Gasteiger partial charge in [0.05, 0.1) is 12.1 Å². The van der Waals surface area contributed by atoms with Crippen LogP contribution in [0, 0.1) is 0 Å². The Labute approximate surface area is 210 Å². The Balaban J connectivity index is 2.20. The van der Waals surface area contributed by atoms with Crippen LogP contribution in [-0.2, 0) is 25.6 Å². The molecule has 12 nitrogen and oxygen atoms in total. The molecule has 1 aliphatic rings. The fourth-order valence-corrected chi connectivity index (χ4v) is 4.12. The van der Waals surface area contributed by atoms with E-state index in [9.17, 15) is 34.5 Å². The number of unbranched alkanes of at least 4 members (excludes halogenated alkanes) is 1. The SMILES string of the molecule is CC(O)C(NC(=O)C(N)CCCCN)C(=O)NC(Cc1ccc(O)cc1)C(=O)N1CCCC1C(=O)O. The molecule has 1 fully saturated rings. The Morgan fingerprint density at radius 2 is 1.78 bits per heavy atom. The number of benzene rings is 1. The number of aliphatic hydroxyl groups is 1. The second-order valence-electron chi connectivity index (χ2n) is 9.08. The van der Waals surface area contributed by atoms with Crippen LogP contribution in [0.3, 0.4) is 0 Å². The number of nitrogens with zero attached hydrogens (tertiary/aromatic N) is 1. The summed E-state index contributed by atoms with van der Waals surface area (Å²) in [6.07, 6.45) is 1.19. The number of carbonyl (C=O) groups excluding carboxylic acids is 3. The lowest BCUT2D eigenvalue weighted by Gasteiger charge is -2.29. The molecule has 12 heteroatoms. The molecule has 1 heterocycles. The Morgan fingerprint density at radius 1 is 1.11 bits per heavy atom. The number of carboxylic acids is 1. The first-order valence-electron chi connectivity index (χ1n) is 12.1. The predicted octanol–water partition coefficient (Wildman–Crippen LogP) is -1.18. The highest BCUT2D eigenvalue weighted by Gasteiger charge is 2.39. The Kier molecular flexibility index (Phi) is 11.1. The van der Waals surface area contributed by atoms with E-state index in [0.29, 0.717) is 44.2 Å². The molecule has 1 aromatic carbocycles. The lowest BCUT2D eigenvalue weighted by atomic mass is 10.0. The number of aromatic hydroxyl groups is 1. The van der Waals surface area contributed by atoms with Crippen molar-refractivity contribution >= 4 is 23.7 Å². The van der Waals surface area contributed by atoms with E-state index in [1.54, 1.807) is 12.1 Å². The van der Waals surface area contributed by atoms with Gasteiger partial charge in [-0.15, -0.1) is 0 Å². The van der Waals surface area contributed by atoms with Gasteiger partial charge in [0.25, 0.3) is 0 Å². The van der Waals surface area contributed by atoms with E-state index in [-0.39, 0.29) is 18.7 Å². The Morgan fingerprint density at radius 3 is 2.36 bits per heavy atom. The summed E-state index contributed by atoms with van der Waals surface area (Å²) in [6, 6.07) is 1.56. The number of phenolic OH excluding ortho intramolecular Hbond substituents is 1. The van der Waals surface area contributed by atoms with Crippen molar-refractivity contribution < 1.29 is 34.5 Å². The standard InChI is InChI=1S/C24H37N5O7/c1-14(30)20(28-21(32)17(26)5-2-3-11-25)22(33)27-18(13-15-7-9-16(31)10-8-15)23(34)29-12-4-6-19(29)24(35)36/h7-10,14,17-20,30-31H,2-6,11-13,25-26H2,1H3,(H,27,33)(H,28,32)(H,35,36). The van der Waals surface area contributed by atoms with Crippen LogP contribution >= 0.6 is 0 Å². The highest BCUT2D eigenvalue weighted by atomic mass is 16.4. The van der Waals surface area contributed by atoms with Crippen molar-refractivity contribution in [3.05, 3.63) is 29.8 Å². The van der Waals surface area contributed by atoms with Gasteiger partial charge in [0.2, 0.25) is 17.7 Å². The minimum absolute atomic E-state index is 0.00672. The zero-order valence-corrected chi connectivity index (χ0v) is 20.4. The molecule has 5 unspecified atom stereocenters. The van der Waals surface area contributed by atoms with Gasteiger partial charge in [0, 0.05) is 13.0 Å². The maximum Gasteiger partial charge on any atom is 0.326 e. The van der Waals surface area contributed by atoms with Crippen molar-refractivity contribution in [2.24, 2.45) is 11.5 Å². The molecule has 2 rings (SSSR count). The molecule has 0 bridgehead atoms. The zero-order valence-electron chi connectivity index (χ0n) is 20.4. The average molecular weight is 508 g/mol. The summed E-state index contributed by atoms with van der Waals surface area (Å²) in [4.78, 5) is 51.8. The third kappa shape index (κ3) is 8.18. The van der Waals surface area contributed by atoms with E-state index >= 15 is 0 Å². The third-order valence-electron chi connectivity index (χ3n) is 6.18. The van der Waals surface area contributed by atoms with Gasteiger partial charge in [-0.25, -0.2) is 4.79 Å². The molecule has 0 radical (unpaired) electrons. The van der Waals surface area contributed by atoms with Crippen molar-refractivity contribution in [2.45, 2.75) is 75.7 Å². The minimum Gasteiger partial charge on any atom is -0.508 e. The van der Waals surface area contributed by atoms with Gasteiger partial charge in [0.15, 0.2) is 0 Å². The van der Waals surface area contributed by atoms with Crippen LogP contribution in [0.25, 0.3) is 0 Å². The molecule has 200 valence electrons. The van der Waals surface area contributed by atoms with Crippen molar-refractivity contribution in [3.8, 4) is 5.75 Å². The molecule has 1 aliphatic heterocycles. The van der Waals surface area contributed by atoms with Gasteiger partial charge in [0.1, 0.15) is 23.9 Å². The number of aliphatic carboxylic acids is 1. The maximum atomic E-state index is 13.4. The van der Waals surface area contributed by atoms with Gasteiger partial charge < -0.3 is 42.3 Å². The van der Waals surface area contributed by atoms with Gasteiger partial charge >= 0.3 is 5.97 Å². The lowest BCUT2D eigenvalue weighted by molar-refractivity contribution is -0.149. The van der Waals surface area contributed by atoms with Gasteiger partial charge in [-0.3, -0.25) is 14.4 Å². The maximum absolute atomic E-state index is 13.4. The van der Waals surface area contributed by atoms with Gasteiger partial charge in [-0.2, -0.15) is 0 Å². The van der Waals surface area contributed by atoms with E-state index in [1.807, 2.05) is 0 Å². The number of hydrogen-bond acceptors (Lipinski definition) is 8. The number of likely N-dealkylation sites (tertiary alicyclic amines) is 1. The molecule has 36 heavy (non-hydrogen) atoms. The normalized spacial score (nSPS) is 18.7. The van der Waals surface area contributed by atoms with E-state index in [0.717, 1.165) is 0 Å². The Hall–Kier alpha value is -3.22. The van der Waals surface area contributed by atoms with Crippen molar-refractivity contribution in [1.82, 2.24) is 15.5 Å². The first-order chi connectivity index (χ1) is 17.0. The molecular weight excluding hydrogens is 470 g/mol. The number of hydrogen-bond donors (Lipinski definition) is 7. The van der Waals surface area contributed by atoms with Crippen molar-refractivity contribution in [1.29, 1.82) is 0 Å². The molecule has 3 amide bonds. The minimum atomic E-state index is -1.39. The highest BCUT2D eigenvalue weighted by molar-refractivity contribution is 5.94. The molecule has 1 saturated heterocycles. The number of rotatable bonds is 13. The van der Waals surface area contributed by atoms with Crippen LogP contribution in [-0.4, -0.2) is 87.3 Å². The van der Waals surface area contributed by atoms with E-state index in [1.165, 1.54) is 24.0 Å². The molecule has 0 aromatic heterocycles. The topological polar surface area (TPSA) is 208 Å². The zero-order chi connectivity index (χ0) is 26.8. The smallest absolute Gasteiger partial charge is 0.326 e. The molecule has 5 atom stereocenters. The number of amides is 3.